The van der Waals surface area contributed by atoms with Gasteiger partial charge >= 0.3 is 5.69 Å². The molecule has 5 aromatic rings. The number of ether oxygens (including phenoxy) is 1. The lowest BCUT2D eigenvalue weighted by atomic mass is 10.0. The molecule has 1 aliphatic rings. The van der Waals surface area contributed by atoms with Crippen LogP contribution in [-0.2, 0) is 18.3 Å². The molecule has 0 aliphatic carbocycles. The number of carbonyl (C=O) groups is 1. The maximum atomic E-state index is 13.3. The molecule has 1 amide bonds. The molecule has 3 heterocycles. The fourth-order valence-electron chi connectivity index (χ4n) is 5.26. The van der Waals surface area contributed by atoms with Crippen LogP contribution in [0.5, 0.6) is 0 Å². The predicted octanol–water partition coefficient (Wildman–Crippen LogP) is 4.11. The Kier molecular flexibility index (Phi) is 7.95. The van der Waals surface area contributed by atoms with Gasteiger partial charge in [0.05, 0.1) is 31.1 Å². The van der Waals surface area contributed by atoms with E-state index in [1.165, 1.54) is 16.7 Å². The van der Waals surface area contributed by atoms with E-state index in [1.807, 2.05) is 25.1 Å². The van der Waals surface area contributed by atoms with Crippen molar-refractivity contribution >= 4 is 17.4 Å². The van der Waals surface area contributed by atoms with Gasteiger partial charge in [0.1, 0.15) is 5.82 Å². The summed E-state index contributed by atoms with van der Waals surface area (Å²) >= 11 is 0. The molecule has 1 N–H and O–H groups in total. The summed E-state index contributed by atoms with van der Waals surface area (Å²) in [4.78, 5) is 45.5. The van der Waals surface area contributed by atoms with Gasteiger partial charge in [-0.1, -0.05) is 24.3 Å². The van der Waals surface area contributed by atoms with Gasteiger partial charge in [0.25, 0.3) is 11.5 Å². The number of anilines is 2. The Morgan fingerprint density at radius 2 is 1.70 bits per heavy atom. The second kappa shape index (κ2) is 12.1. The van der Waals surface area contributed by atoms with Crippen LogP contribution in [0.25, 0.3) is 16.9 Å². The third-order valence-corrected chi connectivity index (χ3v) is 7.72. The summed E-state index contributed by atoms with van der Waals surface area (Å²) in [6.45, 7) is 4.38. The van der Waals surface area contributed by atoms with Crippen molar-refractivity contribution in [2.75, 3.05) is 31.6 Å². The molecule has 0 radical (unpaired) electrons. The van der Waals surface area contributed by atoms with E-state index in [0.717, 1.165) is 16.7 Å². The Hall–Kier alpha value is -5.29. The Balaban J connectivity index is 1.26. The van der Waals surface area contributed by atoms with E-state index in [9.17, 15) is 18.8 Å². The highest BCUT2D eigenvalue weighted by atomic mass is 19.1. The molecule has 0 bridgehead atoms. The molecule has 3 aromatic carbocycles. The molecule has 11 heteroatoms. The maximum Gasteiger partial charge on any atom is 0.333 e. The Bertz CT molecular complexity index is 1940. The van der Waals surface area contributed by atoms with Crippen molar-refractivity contribution < 1.29 is 13.9 Å². The van der Waals surface area contributed by atoms with Gasteiger partial charge in [0, 0.05) is 55.5 Å². The highest BCUT2D eigenvalue weighted by Gasteiger charge is 2.19. The summed E-state index contributed by atoms with van der Waals surface area (Å²) in [5, 5.41) is 3.10. The van der Waals surface area contributed by atoms with Crippen LogP contribution in [0.3, 0.4) is 0 Å². The van der Waals surface area contributed by atoms with Crippen molar-refractivity contribution in [3.8, 4) is 16.9 Å². The zero-order valence-electron chi connectivity index (χ0n) is 24.4. The SMILES string of the molecule is Cc1c(-c2cn(C)c(=O)c(Nc3ccc(C(=O)N4CCOCC4)cc3)n2)cccc1-n1ccn(Cc2ccc(F)cc2)c1=O. The molecule has 10 nitrogen and oxygen atoms in total. The molecule has 0 spiro atoms. The van der Waals surface area contributed by atoms with Gasteiger partial charge in [-0.3, -0.25) is 18.7 Å². The van der Waals surface area contributed by atoms with Crippen molar-refractivity contribution in [3.05, 3.63) is 129 Å². The number of halogens is 1. The summed E-state index contributed by atoms with van der Waals surface area (Å²) < 4.78 is 23.2. The largest absolute Gasteiger partial charge is 0.378 e. The maximum absolute atomic E-state index is 13.3. The number of imidazole rings is 1. The van der Waals surface area contributed by atoms with Crippen molar-refractivity contribution in [2.45, 2.75) is 13.5 Å². The first-order valence-electron chi connectivity index (χ1n) is 14.2. The van der Waals surface area contributed by atoms with Gasteiger partial charge in [-0.25, -0.2) is 14.2 Å². The van der Waals surface area contributed by atoms with E-state index >= 15 is 0 Å². The summed E-state index contributed by atoms with van der Waals surface area (Å²) in [6.07, 6.45) is 5.06. The first-order valence-corrected chi connectivity index (χ1v) is 14.2. The van der Waals surface area contributed by atoms with E-state index < -0.39 is 0 Å². The minimum atomic E-state index is -0.328. The smallest absolute Gasteiger partial charge is 0.333 e. The van der Waals surface area contributed by atoms with E-state index in [2.05, 4.69) is 10.3 Å². The number of benzene rings is 3. The van der Waals surface area contributed by atoms with Crippen molar-refractivity contribution in [3.63, 3.8) is 0 Å². The van der Waals surface area contributed by atoms with Crippen LogP contribution >= 0.6 is 0 Å². The molecule has 224 valence electrons. The van der Waals surface area contributed by atoms with Crippen LogP contribution in [0.2, 0.25) is 0 Å². The number of nitrogens with one attached hydrogen (secondary N) is 1. The number of carbonyl (C=O) groups excluding carboxylic acids is 1. The number of aryl methyl sites for hydroxylation is 1. The van der Waals surface area contributed by atoms with Gasteiger partial charge < -0.3 is 19.5 Å². The van der Waals surface area contributed by atoms with Crippen molar-refractivity contribution in [2.24, 2.45) is 7.05 Å². The number of nitrogens with zero attached hydrogens (tertiary/aromatic N) is 5. The lowest BCUT2D eigenvalue weighted by Crippen LogP contribution is -2.40. The van der Waals surface area contributed by atoms with E-state index in [1.54, 1.807) is 76.1 Å². The van der Waals surface area contributed by atoms with Crippen LogP contribution in [0, 0.1) is 12.7 Å². The molecule has 44 heavy (non-hydrogen) atoms. The number of hydrogen-bond acceptors (Lipinski definition) is 6. The highest BCUT2D eigenvalue weighted by molar-refractivity contribution is 5.94. The van der Waals surface area contributed by atoms with Crippen LogP contribution in [-0.4, -0.2) is 55.8 Å². The van der Waals surface area contributed by atoms with Crippen molar-refractivity contribution in [1.82, 2.24) is 23.6 Å². The normalized spacial score (nSPS) is 13.2. The molecule has 1 fully saturated rings. The van der Waals surface area contributed by atoms with Gasteiger partial charge in [0.15, 0.2) is 5.82 Å². The third kappa shape index (κ3) is 5.82. The van der Waals surface area contributed by atoms with Crippen molar-refractivity contribution in [1.29, 1.82) is 0 Å². The molecule has 0 saturated carbocycles. The molecule has 2 aromatic heterocycles. The van der Waals surface area contributed by atoms with E-state index in [-0.39, 0.29) is 28.8 Å². The van der Waals surface area contributed by atoms with Gasteiger partial charge in [-0.15, -0.1) is 0 Å². The van der Waals surface area contributed by atoms with Crippen LogP contribution < -0.4 is 16.6 Å². The summed E-state index contributed by atoms with van der Waals surface area (Å²) in [5.74, 6) is -0.258. The van der Waals surface area contributed by atoms with Crippen LogP contribution in [0.1, 0.15) is 21.5 Å². The number of morpholine rings is 1. The van der Waals surface area contributed by atoms with E-state index in [4.69, 9.17) is 4.74 Å². The first kappa shape index (κ1) is 28.8. The highest BCUT2D eigenvalue weighted by Crippen LogP contribution is 2.27. The molecule has 1 saturated heterocycles. The van der Waals surface area contributed by atoms with Crippen LogP contribution in [0.15, 0.2) is 94.9 Å². The second-order valence-corrected chi connectivity index (χ2v) is 10.7. The van der Waals surface area contributed by atoms with Gasteiger partial charge in [-0.2, -0.15) is 0 Å². The molecular formula is C33H31FN6O4. The summed E-state index contributed by atoms with van der Waals surface area (Å²) in [6, 6.07) is 18.6. The molecule has 0 unspecified atom stereocenters. The Morgan fingerprint density at radius 3 is 2.43 bits per heavy atom. The topological polar surface area (TPSA) is 103 Å². The fourth-order valence-corrected chi connectivity index (χ4v) is 5.26. The third-order valence-electron chi connectivity index (χ3n) is 7.72. The number of rotatable bonds is 7. The average Bonchev–Trinajstić information content (AvgIpc) is 3.40. The minimum Gasteiger partial charge on any atom is -0.378 e. The predicted molar refractivity (Wildman–Crippen MR) is 165 cm³/mol. The molecule has 0 atom stereocenters. The fraction of sp³-hybridized carbons (Fsp3) is 0.212. The average molecular weight is 595 g/mol. The number of hydrogen-bond donors (Lipinski definition) is 1. The Morgan fingerprint density at radius 1 is 0.977 bits per heavy atom. The lowest BCUT2D eigenvalue weighted by Gasteiger charge is -2.26. The summed E-state index contributed by atoms with van der Waals surface area (Å²) in [7, 11) is 1.65. The summed E-state index contributed by atoms with van der Waals surface area (Å²) in [5.41, 5.74) is 4.22. The lowest BCUT2D eigenvalue weighted by molar-refractivity contribution is 0.0303. The standard InChI is InChI=1S/C33H31FN6O4/c1-22-27(4-3-5-29(22)40-15-14-39(33(40)43)20-23-6-10-25(34)11-7-23)28-21-37(2)32(42)30(36-28)35-26-12-8-24(9-13-26)31(41)38-16-18-44-19-17-38/h3-15,21H,16-20H2,1-2H3,(H,35,36). The number of aromatic nitrogens is 4. The quantitative estimate of drug-likeness (QED) is 0.304. The molecular weight excluding hydrogens is 563 g/mol. The van der Waals surface area contributed by atoms with Crippen LogP contribution in [0.4, 0.5) is 15.9 Å². The number of amides is 1. The van der Waals surface area contributed by atoms with E-state index in [0.29, 0.717) is 55.5 Å². The van der Waals surface area contributed by atoms with Gasteiger partial charge in [-0.05, 0) is 60.5 Å². The second-order valence-electron chi connectivity index (χ2n) is 10.7. The molecule has 1 aliphatic heterocycles. The monoisotopic (exact) mass is 594 g/mol. The zero-order valence-corrected chi connectivity index (χ0v) is 24.4. The van der Waals surface area contributed by atoms with Gasteiger partial charge in [0.2, 0.25) is 0 Å². The Labute approximate surface area is 252 Å². The first-order chi connectivity index (χ1) is 21.3. The minimum absolute atomic E-state index is 0.0591. The zero-order chi connectivity index (χ0) is 30.8. The molecule has 6 rings (SSSR count).